The lowest BCUT2D eigenvalue weighted by Gasteiger charge is -2.10. The van der Waals surface area contributed by atoms with Crippen molar-refractivity contribution in [3.05, 3.63) is 24.5 Å². The van der Waals surface area contributed by atoms with Gasteiger partial charge in [0.25, 0.3) is 0 Å². The Balaban J connectivity index is 2.26. The molecule has 0 aliphatic carbocycles. The van der Waals surface area contributed by atoms with Crippen molar-refractivity contribution in [2.75, 3.05) is 13.2 Å². The zero-order chi connectivity index (χ0) is 12.0. The molecule has 1 rings (SSSR count). The van der Waals surface area contributed by atoms with Crippen LogP contribution in [0.5, 0.6) is 5.75 Å². The van der Waals surface area contributed by atoms with Crippen molar-refractivity contribution >= 4 is 0 Å². The highest BCUT2D eigenvalue weighted by molar-refractivity contribution is 5.13. The van der Waals surface area contributed by atoms with Gasteiger partial charge < -0.3 is 10.1 Å². The number of hydrogen-bond acceptors (Lipinski definition) is 3. The van der Waals surface area contributed by atoms with E-state index < -0.39 is 0 Å². The fourth-order valence-corrected chi connectivity index (χ4v) is 1.18. The molecule has 0 fully saturated rings. The Morgan fingerprint density at radius 3 is 2.94 bits per heavy atom. The van der Waals surface area contributed by atoms with Crippen molar-refractivity contribution in [3.63, 3.8) is 0 Å². The fraction of sp³-hybridized carbons (Fsp3) is 0.583. The van der Waals surface area contributed by atoms with Crippen LogP contribution in [-0.2, 0) is 6.54 Å². The van der Waals surface area contributed by atoms with Crippen LogP contribution in [0.25, 0.3) is 0 Å². The summed E-state index contributed by atoms with van der Waals surface area (Å²) in [7, 11) is 0. The largest absolute Gasteiger partial charge is 0.486 e. The summed E-state index contributed by atoms with van der Waals surface area (Å²) in [5.74, 6) is 0.799. The van der Waals surface area contributed by atoms with Gasteiger partial charge in [-0.1, -0.05) is 20.4 Å². The van der Waals surface area contributed by atoms with Crippen LogP contribution in [0.2, 0.25) is 0 Å². The number of aryl methyl sites for hydroxylation is 1. The van der Waals surface area contributed by atoms with Crippen LogP contribution in [0.3, 0.4) is 0 Å². The zero-order valence-electron chi connectivity index (χ0n) is 10.4. The van der Waals surface area contributed by atoms with Gasteiger partial charge in [-0.3, -0.25) is 4.68 Å². The summed E-state index contributed by atoms with van der Waals surface area (Å²) in [6.07, 6.45) is 3.62. The molecule has 0 radical (unpaired) electrons. The molecule has 0 spiro atoms. The lowest BCUT2D eigenvalue weighted by Crippen LogP contribution is -2.26. The normalized spacial score (nSPS) is 10.8. The van der Waals surface area contributed by atoms with Crippen molar-refractivity contribution in [3.8, 4) is 5.75 Å². The summed E-state index contributed by atoms with van der Waals surface area (Å²) < 4.78 is 7.40. The lowest BCUT2D eigenvalue weighted by atomic mass is 10.3. The summed E-state index contributed by atoms with van der Waals surface area (Å²) in [6.45, 7) is 12.4. The minimum absolute atomic E-state index is 0.472. The Morgan fingerprint density at radius 2 is 2.38 bits per heavy atom. The minimum Gasteiger partial charge on any atom is -0.486 e. The molecule has 0 unspecified atom stereocenters. The maximum atomic E-state index is 5.56. The van der Waals surface area contributed by atoms with Crippen LogP contribution in [0.4, 0.5) is 0 Å². The Labute approximate surface area is 97.3 Å². The smallest absolute Gasteiger partial charge is 0.157 e. The maximum Gasteiger partial charge on any atom is 0.157 e. The van der Waals surface area contributed by atoms with E-state index in [0.717, 1.165) is 24.4 Å². The highest BCUT2D eigenvalue weighted by atomic mass is 16.5. The third-order valence-electron chi connectivity index (χ3n) is 2.14. The van der Waals surface area contributed by atoms with Gasteiger partial charge in [-0.05, 0) is 12.5 Å². The summed E-state index contributed by atoms with van der Waals surface area (Å²) in [6, 6.07) is 0.472. The van der Waals surface area contributed by atoms with Gasteiger partial charge in [-0.2, -0.15) is 5.10 Å². The third-order valence-corrected chi connectivity index (χ3v) is 2.14. The molecule has 1 heterocycles. The summed E-state index contributed by atoms with van der Waals surface area (Å²) >= 11 is 0. The second-order valence-electron chi connectivity index (χ2n) is 4.11. The molecule has 1 N–H and O–H groups in total. The molecule has 0 saturated carbocycles. The van der Waals surface area contributed by atoms with E-state index in [2.05, 4.69) is 30.8 Å². The van der Waals surface area contributed by atoms with Crippen LogP contribution in [0, 0.1) is 0 Å². The molecule has 0 amide bonds. The van der Waals surface area contributed by atoms with Crippen molar-refractivity contribution in [2.45, 2.75) is 33.4 Å². The number of ether oxygens (including phenoxy) is 1. The van der Waals surface area contributed by atoms with Crippen LogP contribution >= 0.6 is 0 Å². The molecule has 90 valence electrons. The second kappa shape index (κ2) is 6.33. The molecule has 0 aromatic carbocycles. The van der Waals surface area contributed by atoms with Gasteiger partial charge in [0.15, 0.2) is 5.75 Å². The second-order valence-corrected chi connectivity index (χ2v) is 4.11. The van der Waals surface area contributed by atoms with E-state index in [4.69, 9.17) is 4.74 Å². The van der Waals surface area contributed by atoms with Gasteiger partial charge in [0.2, 0.25) is 0 Å². The standard InChI is InChI=1S/C12H21N3O/c1-5-15-8-12(7-14-15)16-9-11(4)6-13-10(2)3/h7-8,10,13H,4-6,9H2,1-3H3. The highest BCUT2D eigenvalue weighted by Gasteiger charge is 2.00. The molecule has 0 aliphatic heterocycles. The van der Waals surface area contributed by atoms with Crippen molar-refractivity contribution in [2.24, 2.45) is 0 Å². The molecule has 0 saturated heterocycles. The van der Waals surface area contributed by atoms with Gasteiger partial charge in [-0.15, -0.1) is 0 Å². The van der Waals surface area contributed by atoms with Crippen molar-refractivity contribution in [1.29, 1.82) is 0 Å². The van der Waals surface area contributed by atoms with Gasteiger partial charge in [0, 0.05) is 19.1 Å². The zero-order valence-corrected chi connectivity index (χ0v) is 10.4. The van der Waals surface area contributed by atoms with E-state index in [9.17, 15) is 0 Å². The summed E-state index contributed by atoms with van der Waals surface area (Å²) in [4.78, 5) is 0. The van der Waals surface area contributed by atoms with Crippen molar-refractivity contribution < 1.29 is 4.74 Å². The molecule has 1 aromatic heterocycles. The highest BCUT2D eigenvalue weighted by Crippen LogP contribution is 2.08. The van der Waals surface area contributed by atoms with Gasteiger partial charge in [-0.25, -0.2) is 0 Å². The van der Waals surface area contributed by atoms with E-state index in [1.165, 1.54) is 0 Å². The Bertz CT molecular complexity index is 331. The molecular formula is C12H21N3O. The Hall–Kier alpha value is -1.29. The Morgan fingerprint density at radius 1 is 1.62 bits per heavy atom. The number of nitrogens with zero attached hydrogens (tertiary/aromatic N) is 2. The minimum atomic E-state index is 0.472. The van der Waals surface area contributed by atoms with Crippen LogP contribution in [0.15, 0.2) is 24.5 Å². The fourth-order valence-electron chi connectivity index (χ4n) is 1.18. The molecule has 0 aliphatic rings. The molecule has 1 aromatic rings. The molecule has 4 heteroatoms. The van der Waals surface area contributed by atoms with E-state index in [1.54, 1.807) is 6.20 Å². The number of rotatable bonds is 7. The number of aromatic nitrogens is 2. The van der Waals surface area contributed by atoms with E-state index in [1.807, 2.05) is 17.8 Å². The van der Waals surface area contributed by atoms with E-state index in [-0.39, 0.29) is 0 Å². The van der Waals surface area contributed by atoms with Gasteiger partial charge >= 0.3 is 0 Å². The first-order valence-electron chi connectivity index (χ1n) is 5.67. The SMILES string of the molecule is C=C(CNC(C)C)COc1cnn(CC)c1. The molecule has 16 heavy (non-hydrogen) atoms. The van der Waals surface area contributed by atoms with E-state index >= 15 is 0 Å². The summed E-state index contributed by atoms with van der Waals surface area (Å²) in [5, 5.41) is 7.43. The number of nitrogens with one attached hydrogen (secondary N) is 1. The quantitative estimate of drug-likeness (QED) is 0.717. The molecule has 0 atom stereocenters. The molecular weight excluding hydrogens is 202 g/mol. The molecule has 4 nitrogen and oxygen atoms in total. The third kappa shape index (κ3) is 4.49. The van der Waals surface area contributed by atoms with Gasteiger partial charge in [0.05, 0.1) is 12.4 Å². The first kappa shape index (κ1) is 12.8. The van der Waals surface area contributed by atoms with Crippen LogP contribution < -0.4 is 10.1 Å². The predicted octanol–water partition coefficient (Wildman–Crippen LogP) is 1.84. The van der Waals surface area contributed by atoms with Gasteiger partial charge in [0.1, 0.15) is 6.61 Å². The topological polar surface area (TPSA) is 39.1 Å². The number of hydrogen-bond donors (Lipinski definition) is 1. The molecule has 0 bridgehead atoms. The average molecular weight is 223 g/mol. The van der Waals surface area contributed by atoms with Crippen LogP contribution in [-0.4, -0.2) is 29.0 Å². The average Bonchev–Trinajstić information content (AvgIpc) is 2.71. The monoisotopic (exact) mass is 223 g/mol. The predicted molar refractivity (Wildman–Crippen MR) is 65.7 cm³/mol. The summed E-state index contributed by atoms with van der Waals surface area (Å²) in [5.41, 5.74) is 1.04. The lowest BCUT2D eigenvalue weighted by molar-refractivity contribution is 0.346. The van der Waals surface area contributed by atoms with E-state index in [0.29, 0.717) is 12.6 Å². The first-order chi connectivity index (χ1) is 7.61. The maximum absolute atomic E-state index is 5.56. The van der Waals surface area contributed by atoms with Crippen molar-refractivity contribution in [1.82, 2.24) is 15.1 Å². The first-order valence-corrected chi connectivity index (χ1v) is 5.67. The van der Waals surface area contributed by atoms with Crippen LogP contribution in [0.1, 0.15) is 20.8 Å². The Kier molecular flexibility index (Phi) is 5.05.